The van der Waals surface area contributed by atoms with Gasteiger partial charge in [0.15, 0.2) is 0 Å². The highest BCUT2D eigenvalue weighted by Gasteiger charge is 2.24. The summed E-state index contributed by atoms with van der Waals surface area (Å²) >= 11 is 13.7. The number of rotatable bonds is 6. The second-order valence-electron chi connectivity index (χ2n) is 6.07. The number of benzene rings is 1. The number of anilines is 1. The van der Waals surface area contributed by atoms with E-state index in [4.69, 9.17) is 40.1 Å². The van der Waals surface area contributed by atoms with Gasteiger partial charge in [0.1, 0.15) is 24.1 Å². The van der Waals surface area contributed by atoms with Crippen LogP contribution in [0.5, 0.6) is 0 Å². The van der Waals surface area contributed by atoms with Crippen molar-refractivity contribution >= 4 is 58.4 Å². The number of aromatic nitrogens is 1. The molecule has 0 aliphatic heterocycles. The highest BCUT2D eigenvalue weighted by molar-refractivity contribution is 7.18. The molecule has 8 nitrogen and oxygen atoms in total. The fourth-order valence-corrected chi connectivity index (χ4v) is 4.51. The van der Waals surface area contributed by atoms with Gasteiger partial charge in [-0.1, -0.05) is 29.3 Å². The first kappa shape index (κ1) is 22.4. The second kappa shape index (κ2) is 9.68. The van der Waals surface area contributed by atoms with Gasteiger partial charge >= 0.3 is 0 Å². The van der Waals surface area contributed by atoms with Crippen molar-refractivity contribution in [1.29, 1.82) is 10.7 Å². The summed E-state index contributed by atoms with van der Waals surface area (Å²) in [5.41, 5.74) is 13.4. The van der Waals surface area contributed by atoms with Crippen LogP contribution in [0.15, 0.2) is 41.5 Å². The second-order valence-corrected chi connectivity index (χ2v) is 7.94. The van der Waals surface area contributed by atoms with Crippen LogP contribution in [0.2, 0.25) is 10.0 Å². The molecule has 0 radical (unpaired) electrons. The van der Waals surface area contributed by atoms with Gasteiger partial charge in [-0.2, -0.15) is 5.26 Å². The molecule has 31 heavy (non-hydrogen) atoms. The van der Waals surface area contributed by atoms with Gasteiger partial charge in [-0.3, -0.25) is 10.2 Å². The van der Waals surface area contributed by atoms with E-state index >= 15 is 0 Å². The number of amidine groups is 1. The van der Waals surface area contributed by atoms with Crippen LogP contribution >= 0.6 is 34.5 Å². The monoisotopic (exact) mass is 471 g/mol. The Morgan fingerprint density at radius 1 is 1.35 bits per heavy atom. The summed E-state index contributed by atoms with van der Waals surface area (Å²) < 4.78 is 0. The lowest BCUT2D eigenvalue weighted by molar-refractivity contribution is -0.114. The van der Waals surface area contributed by atoms with Gasteiger partial charge in [-0.25, -0.2) is 9.98 Å². The molecule has 0 unspecified atom stereocenters. The van der Waals surface area contributed by atoms with Crippen LogP contribution in [-0.2, 0) is 4.79 Å². The first-order valence-corrected chi connectivity index (χ1v) is 10.3. The molecule has 6 N–H and O–H groups in total. The molecule has 1 aromatic carbocycles. The van der Waals surface area contributed by atoms with E-state index in [0.29, 0.717) is 47.9 Å². The number of aliphatic imine (C=N–C) groups is 1. The van der Waals surface area contributed by atoms with E-state index in [1.165, 1.54) is 17.5 Å². The van der Waals surface area contributed by atoms with Crippen LogP contribution in [0, 0.1) is 16.7 Å². The lowest BCUT2D eigenvalue weighted by atomic mass is 9.98. The number of thiophene rings is 1. The Kier molecular flexibility index (Phi) is 6.99. The zero-order chi connectivity index (χ0) is 22.5. The highest BCUT2D eigenvalue weighted by atomic mass is 35.5. The van der Waals surface area contributed by atoms with Crippen LogP contribution < -0.4 is 16.8 Å². The van der Waals surface area contributed by atoms with Gasteiger partial charge < -0.3 is 16.8 Å². The van der Waals surface area contributed by atoms with E-state index in [2.05, 4.69) is 21.4 Å². The third-order valence-electron chi connectivity index (χ3n) is 4.13. The van der Waals surface area contributed by atoms with E-state index in [1.54, 1.807) is 30.3 Å². The molecular formula is C20H15Cl2N7OS. The average Bonchev–Trinajstić information content (AvgIpc) is 3.13. The molecule has 1 amide bonds. The van der Waals surface area contributed by atoms with Crippen molar-refractivity contribution in [2.45, 2.75) is 0 Å². The molecule has 156 valence electrons. The molecule has 2 aromatic heterocycles. The Balaban J connectivity index is 2.27. The van der Waals surface area contributed by atoms with Gasteiger partial charge in [0.2, 0.25) is 5.91 Å². The van der Waals surface area contributed by atoms with Crippen molar-refractivity contribution in [3.8, 4) is 27.6 Å². The van der Waals surface area contributed by atoms with Crippen molar-refractivity contribution in [2.24, 2.45) is 16.5 Å². The molecule has 3 aromatic rings. The molecule has 0 atom stereocenters. The van der Waals surface area contributed by atoms with Gasteiger partial charge in [0.25, 0.3) is 0 Å². The minimum atomic E-state index is -0.395. The minimum absolute atomic E-state index is 0.0643. The summed E-state index contributed by atoms with van der Waals surface area (Å²) in [6.07, 6.45) is 2.33. The molecular weight excluding hydrogens is 457 g/mol. The standard InChI is InChI=1S/C20H15Cl2N7OS/c21-11-1-2-12(14(22)6-11)17-13(7-23)18(31-19(17)20(26)28-9-25)10-3-4-27-15(5-10)29-16(30)8-24/h1-6,9H,8,24H2,(H3,25,26,28)(H,27,29,30). The Morgan fingerprint density at radius 3 is 2.77 bits per heavy atom. The molecule has 0 bridgehead atoms. The number of carbonyl (C=O) groups is 1. The number of amides is 1. The Hall–Kier alpha value is -3.29. The normalized spacial score (nSPS) is 11.1. The topological polar surface area (TPSA) is 154 Å². The molecule has 2 heterocycles. The van der Waals surface area contributed by atoms with Gasteiger partial charge in [-0.15, -0.1) is 11.3 Å². The quantitative estimate of drug-likeness (QED) is 0.317. The number of nitrogens with one attached hydrogen (secondary N) is 2. The lowest BCUT2D eigenvalue weighted by Crippen LogP contribution is -2.22. The third kappa shape index (κ3) is 4.73. The number of pyridine rings is 1. The summed E-state index contributed by atoms with van der Waals surface area (Å²) in [5.74, 6) is -0.0403. The number of hydrogen-bond donors (Lipinski definition) is 4. The molecule has 11 heteroatoms. The SMILES string of the molecule is N#Cc1c(-c2ccnc(NC(=O)CN)c2)sc(C(N)=NC=N)c1-c1ccc(Cl)cc1Cl. The van der Waals surface area contributed by atoms with Crippen molar-refractivity contribution in [1.82, 2.24) is 4.98 Å². The first-order valence-electron chi connectivity index (χ1n) is 8.70. The molecule has 0 spiro atoms. The maximum atomic E-state index is 11.6. The maximum absolute atomic E-state index is 11.6. The van der Waals surface area contributed by atoms with E-state index < -0.39 is 5.91 Å². The molecule has 0 saturated heterocycles. The minimum Gasteiger partial charge on any atom is -0.382 e. The largest absolute Gasteiger partial charge is 0.382 e. The van der Waals surface area contributed by atoms with Crippen LogP contribution in [0.1, 0.15) is 10.4 Å². The summed E-state index contributed by atoms with van der Waals surface area (Å²) in [5, 5.41) is 20.6. The fraction of sp³-hybridized carbons (Fsp3) is 0.0500. The van der Waals surface area contributed by atoms with Gasteiger partial charge in [0, 0.05) is 27.4 Å². The zero-order valence-corrected chi connectivity index (χ0v) is 18.1. The zero-order valence-electron chi connectivity index (χ0n) is 15.8. The first-order chi connectivity index (χ1) is 14.9. The smallest absolute Gasteiger partial charge is 0.239 e. The predicted octanol–water partition coefficient (Wildman–Crippen LogP) is 3.87. The third-order valence-corrected chi connectivity index (χ3v) is 5.94. The summed E-state index contributed by atoms with van der Waals surface area (Å²) in [4.78, 5) is 20.6. The Morgan fingerprint density at radius 2 is 2.13 bits per heavy atom. The number of hydrogen-bond acceptors (Lipinski definition) is 6. The van der Waals surface area contributed by atoms with Crippen LogP contribution in [-0.4, -0.2) is 29.6 Å². The van der Waals surface area contributed by atoms with Crippen LogP contribution in [0.3, 0.4) is 0 Å². The van der Waals surface area contributed by atoms with E-state index in [9.17, 15) is 10.1 Å². The van der Waals surface area contributed by atoms with Crippen LogP contribution in [0.25, 0.3) is 21.6 Å². The van der Waals surface area contributed by atoms with Crippen molar-refractivity contribution in [3.05, 3.63) is 57.0 Å². The maximum Gasteiger partial charge on any atom is 0.239 e. The summed E-state index contributed by atoms with van der Waals surface area (Å²) in [6, 6.07) is 10.5. The number of nitrogens with two attached hydrogens (primary N) is 2. The van der Waals surface area contributed by atoms with Crippen molar-refractivity contribution in [2.75, 3.05) is 11.9 Å². The Labute approximate surface area is 191 Å². The summed E-state index contributed by atoms with van der Waals surface area (Å²) in [6.45, 7) is -0.186. The molecule has 0 aliphatic rings. The number of nitriles is 1. The number of carbonyl (C=O) groups excluding carboxylic acids is 1. The molecule has 0 aliphatic carbocycles. The van der Waals surface area contributed by atoms with Crippen LogP contribution in [0.4, 0.5) is 5.82 Å². The molecule has 0 fully saturated rings. The summed E-state index contributed by atoms with van der Waals surface area (Å²) in [7, 11) is 0. The number of nitrogens with zero attached hydrogens (tertiary/aromatic N) is 3. The lowest BCUT2D eigenvalue weighted by Gasteiger charge is -2.08. The van der Waals surface area contributed by atoms with Crippen molar-refractivity contribution < 1.29 is 4.79 Å². The van der Waals surface area contributed by atoms with E-state index in [1.807, 2.05) is 0 Å². The highest BCUT2D eigenvalue weighted by Crippen LogP contribution is 2.44. The number of halogens is 2. The molecule has 0 saturated carbocycles. The molecule has 3 rings (SSSR count). The van der Waals surface area contributed by atoms with E-state index in [-0.39, 0.29) is 12.4 Å². The predicted molar refractivity (Wildman–Crippen MR) is 125 cm³/mol. The van der Waals surface area contributed by atoms with E-state index in [0.717, 1.165) is 6.34 Å². The Bertz CT molecular complexity index is 1250. The van der Waals surface area contributed by atoms with Crippen molar-refractivity contribution in [3.63, 3.8) is 0 Å². The average molecular weight is 472 g/mol. The fourth-order valence-electron chi connectivity index (χ4n) is 2.83. The van der Waals surface area contributed by atoms with Gasteiger partial charge in [0.05, 0.1) is 21.9 Å². The van der Waals surface area contributed by atoms with Gasteiger partial charge in [-0.05, 0) is 29.8 Å².